The average Bonchev–Trinajstić information content (AvgIpc) is 2.61. The van der Waals surface area contributed by atoms with Crippen molar-refractivity contribution in [1.82, 2.24) is 10.2 Å². The Labute approximate surface area is 126 Å². The molecular weight excluding hydrogens is 264 g/mol. The molecule has 1 aromatic rings. The van der Waals surface area contributed by atoms with Gasteiger partial charge in [-0.15, -0.1) is 0 Å². The summed E-state index contributed by atoms with van der Waals surface area (Å²) < 4.78 is 0. The number of rotatable bonds is 3. The first-order valence-corrected chi connectivity index (χ1v) is 7.46. The molecule has 0 bridgehead atoms. The quantitative estimate of drug-likeness (QED) is 0.929. The molecule has 2 rings (SSSR count). The fraction of sp³-hybridized carbons (Fsp3) is 0.529. The van der Waals surface area contributed by atoms with Gasteiger partial charge in [-0.25, -0.2) is 0 Å². The Balaban J connectivity index is 2.51. The first-order valence-electron chi connectivity index (χ1n) is 7.46. The van der Waals surface area contributed by atoms with Gasteiger partial charge in [0.25, 0.3) is 11.8 Å². The van der Waals surface area contributed by atoms with Gasteiger partial charge in [0, 0.05) is 17.6 Å². The summed E-state index contributed by atoms with van der Waals surface area (Å²) in [6.45, 7) is 10.3. The molecule has 0 spiro atoms. The Bertz CT molecular complexity index is 574. The molecule has 2 amide bonds. The Morgan fingerprint density at radius 1 is 1.29 bits per heavy atom. The highest BCUT2D eigenvalue weighted by Gasteiger charge is 2.51. The summed E-state index contributed by atoms with van der Waals surface area (Å²) in [5.41, 5.74) is 0.165. The maximum Gasteiger partial charge on any atom is 0.255 e. The van der Waals surface area contributed by atoms with E-state index in [0.717, 1.165) is 12.0 Å². The van der Waals surface area contributed by atoms with Crippen LogP contribution in [0.2, 0.25) is 0 Å². The number of hydrogen-bond donors (Lipinski definition) is 1. The molecule has 1 heterocycles. The van der Waals surface area contributed by atoms with Crippen molar-refractivity contribution in [2.24, 2.45) is 0 Å². The normalized spacial score (nSPS) is 21.4. The number of nitrogens with zero attached hydrogens (tertiary/aromatic N) is 1. The molecule has 0 radical (unpaired) electrons. The molecule has 1 aliphatic rings. The summed E-state index contributed by atoms with van der Waals surface area (Å²) in [6, 6.07) is 7.40. The molecule has 0 saturated heterocycles. The fourth-order valence-electron chi connectivity index (χ4n) is 2.84. The third-order valence-electron chi connectivity index (χ3n) is 3.84. The van der Waals surface area contributed by atoms with E-state index in [1.165, 1.54) is 0 Å². The smallest absolute Gasteiger partial charge is 0.255 e. The lowest BCUT2D eigenvalue weighted by Gasteiger charge is -2.37. The molecule has 1 atom stereocenters. The lowest BCUT2D eigenvalue weighted by Crippen LogP contribution is -2.56. The van der Waals surface area contributed by atoms with Crippen molar-refractivity contribution in [3.8, 4) is 0 Å². The maximum absolute atomic E-state index is 12.9. The number of amides is 2. The third-order valence-corrected chi connectivity index (χ3v) is 3.84. The van der Waals surface area contributed by atoms with Crippen LogP contribution in [0.25, 0.3) is 0 Å². The largest absolute Gasteiger partial charge is 0.349 e. The van der Waals surface area contributed by atoms with Crippen LogP contribution in [0.3, 0.4) is 0 Å². The van der Waals surface area contributed by atoms with Gasteiger partial charge in [0.2, 0.25) is 0 Å². The number of hydrogen-bond acceptors (Lipinski definition) is 2. The van der Waals surface area contributed by atoms with Crippen molar-refractivity contribution in [3.05, 3.63) is 35.4 Å². The first-order chi connectivity index (χ1) is 9.71. The molecule has 114 valence electrons. The van der Waals surface area contributed by atoms with Crippen molar-refractivity contribution in [3.63, 3.8) is 0 Å². The molecule has 1 unspecified atom stereocenters. The summed E-state index contributed by atoms with van der Waals surface area (Å²) in [5, 5.41) is 3.02. The molecule has 1 aromatic carbocycles. The van der Waals surface area contributed by atoms with Gasteiger partial charge < -0.3 is 10.2 Å². The van der Waals surface area contributed by atoms with Crippen LogP contribution < -0.4 is 5.32 Å². The molecule has 21 heavy (non-hydrogen) atoms. The maximum atomic E-state index is 12.9. The lowest BCUT2D eigenvalue weighted by atomic mass is 9.89. The predicted molar refractivity (Wildman–Crippen MR) is 83.0 cm³/mol. The van der Waals surface area contributed by atoms with Crippen LogP contribution >= 0.6 is 0 Å². The van der Waals surface area contributed by atoms with E-state index in [4.69, 9.17) is 0 Å². The van der Waals surface area contributed by atoms with Crippen molar-refractivity contribution >= 4 is 11.8 Å². The highest BCUT2D eigenvalue weighted by atomic mass is 16.2. The van der Waals surface area contributed by atoms with E-state index in [2.05, 4.69) is 5.32 Å². The second-order valence-corrected chi connectivity index (χ2v) is 6.78. The van der Waals surface area contributed by atoms with Crippen molar-refractivity contribution in [2.75, 3.05) is 6.54 Å². The zero-order valence-corrected chi connectivity index (χ0v) is 13.5. The van der Waals surface area contributed by atoms with Crippen LogP contribution in [0.5, 0.6) is 0 Å². The lowest BCUT2D eigenvalue weighted by molar-refractivity contribution is -0.132. The Hall–Kier alpha value is -1.84. The van der Waals surface area contributed by atoms with E-state index in [1.54, 1.807) is 11.0 Å². The van der Waals surface area contributed by atoms with E-state index >= 15 is 0 Å². The zero-order valence-electron chi connectivity index (χ0n) is 13.5. The van der Waals surface area contributed by atoms with Crippen LogP contribution in [0.1, 0.15) is 57.0 Å². The molecule has 4 nitrogen and oxygen atoms in total. The summed E-state index contributed by atoms with van der Waals surface area (Å²) in [6.07, 6.45) is 0.818. The van der Waals surface area contributed by atoms with Gasteiger partial charge in [0.1, 0.15) is 5.54 Å². The number of fused-ring (bicyclic) bond motifs is 1. The molecular formula is C17H24N2O2. The van der Waals surface area contributed by atoms with Crippen LogP contribution in [-0.4, -0.2) is 28.8 Å². The Morgan fingerprint density at radius 3 is 2.48 bits per heavy atom. The standard InChI is InChI=1S/C17H24N2O2/c1-6-11-19-14(20)12-9-7-8-10-13(12)17(19,5)15(21)18-16(2,3)4/h7-10H,6,11H2,1-5H3,(H,18,21). The molecule has 1 N–H and O–H groups in total. The van der Waals surface area contributed by atoms with Gasteiger partial charge in [-0.2, -0.15) is 0 Å². The van der Waals surface area contributed by atoms with Gasteiger partial charge in [-0.3, -0.25) is 9.59 Å². The van der Waals surface area contributed by atoms with E-state index in [1.807, 2.05) is 52.8 Å². The number of carbonyl (C=O) groups excluding carboxylic acids is 2. The molecule has 4 heteroatoms. The van der Waals surface area contributed by atoms with Crippen molar-refractivity contribution < 1.29 is 9.59 Å². The van der Waals surface area contributed by atoms with Crippen LogP contribution in [0.15, 0.2) is 24.3 Å². The second kappa shape index (κ2) is 5.17. The van der Waals surface area contributed by atoms with Crippen LogP contribution in [-0.2, 0) is 10.3 Å². The summed E-state index contributed by atoms with van der Waals surface area (Å²) >= 11 is 0. The van der Waals surface area contributed by atoms with Crippen LogP contribution in [0.4, 0.5) is 0 Å². The minimum Gasteiger partial charge on any atom is -0.349 e. The molecule has 0 aromatic heterocycles. The third kappa shape index (κ3) is 2.55. The predicted octanol–water partition coefficient (Wildman–Crippen LogP) is 2.68. The minimum absolute atomic E-state index is 0.0565. The molecule has 0 saturated carbocycles. The van der Waals surface area contributed by atoms with Gasteiger partial charge in [-0.1, -0.05) is 25.1 Å². The first kappa shape index (κ1) is 15.5. The summed E-state index contributed by atoms with van der Waals surface area (Å²) in [7, 11) is 0. The summed E-state index contributed by atoms with van der Waals surface area (Å²) in [5.74, 6) is -0.180. The van der Waals surface area contributed by atoms with Crippen LogP contribution in [0, 0.1) is 0 Å². The van der Waals surface area contributed by atoms with E-state index < -0.39 is 5.54 Å². The monoisotopic (exact) mass is 288 g/mol. The zero-order chi connectivity index (χ0) is 15.8. The van der Waals surface area contributed by atoms with E-state index in [9.17, 15) is 9.59 Å². The van der Waals surface area contributed by atoms with Crippen molar-refractivity contribution in [1.29, 1.82) is 0 Å². The molecule has 0 aliphatic carbocycles. The highest BCUT2D eigenvalue weighted by Crippen LogP contribution is 2.39. The molecule has 1 aliphatic heterocycles. The van der Waals surface area contributed by atoms with Gasteiger partial charge in [0.05, 0.1) is 0 Å². The van der Waals surface area contributed by atoms with Gasteiger partial charge in [0.15, 0.2) is 0 Å². The van der Waals surface area contributed by atoms with E-state index in [0.29, 0.717) is 12.1 Å². The van der Waals surface area contributed by atoms with E-state index in [-0.39, 0.29) is 17.4 Å². The number of carbonyl (C=O) groups is 2. The van der Waals surface area contributed by atoms with Crippen molar-refractivity contribution in [2.45, 2.75) is 52.1 Å². The number of nitrogens with one attached hydrogen (secondary N) is 1. The second-order valence-electron chi connectivity index (χ2n) is 6.78. The average molecular weight is 288 g/mol. The number of benzene rings is 1. The SMILES string of the molecule is CCCN1C(=O)c2ccccc2C1(C)C(=O)NC(C)(C)C. The molecule has 0 fully saturated rings. The topological polar surface area (TPSA) is 49.4 Å². The summed E-state index contributed by atoms with van der Waals surface area (Å²) in [4.78, 5) is 27.2. The highest BCUT2D eigenvalue weighted by molar-refractivity contribution is 6.06. The minimum atomic E-state index is -0.934. The Kier molecular flexibility index (Phi) is 3.83. The Morgan fingerprint density at radius 2 is 1.90 bits per heavy atom. The van der Waals surface area contributed by atoms with Gasteiger partial charge in [-0.05, 0) is 45.7 Å². The fourth-order valence-corrected chi connectivity index (χ4v) is 2.84. The van der Waals surface area contributed by atoms with Gasteiger partial charge >= 0.3 is 0 Å².